The zero-order valence-corrected chi connectivity index (χ0v) is 7.50. The fourth-order valence-electron chi connectivity index (χ4n) is 0.811. The Kier molecular flexibility index (Phi) is 2.65. The largest absolute Gasteiger partial charge is 0.369 e. The van der Waals surface area contributed by atoms with E-state index in [0.717, 1.165) is 11.3 Å². The number of carbonyl (C=O) groups excluding carboxylic acids is 1. The molecule has 1 aromatic heterocycles. The average Bonchev–Trinajstić information content (AvgIpc) is 2.36. The summed E-state index contributed by atoms with van der Waals surface area (Å²) >= 11 is 1.11. The minimum Gasteiger partial charge on any atom is -0.369 e. The number of amides is 1. The minimum atomic E-state index is -0.381. The molecule has 0 saturated heterocycles. The average molecular weight is 186 g/mol. The van der Waals surface area contributed by atoms with Crippen molar-refractivity contribution in [2.24, 2.45) is 11.7 Å². The number of hydrogen-bond acceptors (Lipinski definition) is 3. The van der Waals surface area contributed by atoms with Crippen LogP contribution in [-0.4, -0.2) is 10.5 Å². The molecule has 0 aliphatic heterocycles. The van der Waals surface area contributed by atoms with E-state index in [-0.39, 0.29) is 16.7 Å². The first-order chi connectivity index (χ1) is 5.61. The summed E-state index contributed by atoms with van der Waals surface area (Å²) in [5.74, 6) is -0.676. The molecule has 4 nitrogen and oxygen atoms in total. The van der Waals surface area contributed by atoms with Crippen molar-refractivity contribution in [2.45, 2.75) is 13.5 Å². The first kappa shape index (κ1) is 8.99. The van der Waals surface area contributed by atoms with Gasteiger partial charge in [-0.3, -0.25) is 9.59 Å². The number of carbonyl (C=O) groups is 1. The molecular weight excluding hydrogens is 176 g/mol. The van der Waals surface area contributed by atoms with Crippen LogP contribution in [0.2, 0.25) is 0 Å². The van der Waals surface area contributed by atoms with Crippen LogP contribution >= 0.6 is 11.3 Å². The minimum absolute atomic E-state index is 0.0527. The molecule has 1 unspecified atom stereocenters. The molecule has 1 rings (SSSR count). The SMILES string of the molecule is CC(Cn1ccsc1=O)C(N)=O. The smallest absolute Gasteiger partial charge is 0.307 e. The number of primary amides is 1. The van der Waals surface area contributed by atoms with E-state index in [4.69, 9.17) is 5.73 Å². The summed E-state index contributed by atoms with van der Waals surface area (Å²) in [6, 6.07) is 0. The topological polar surface area (TPSA) is 65.1 Å². The van der Waals surface area contributed by atoms with Gasteiger partial charge in [-0.05, 0) is 0 Å². The Morgan fingerprint density at radius 1 is 1.83 bits per heavy atom. The van der Waals surface area contributed by atoms with Gasteiger partial charge in [0, 0.05) is 18.1 Å². The maximum Gasteiger partial charge on any atom is 0.307 e. The molecular formula is C7H10N2O2S. The molecule has 1 aromatic rings. The van der Waals surface area contributed by atoms with E-state index in [9.17, 15) is 9.59 Å². The van der Waals surface area contributed by atoms with E-state index < -0.39 is 0 Å². The number of rotatable bonds is 3. The summed E-state index contributed by atoms with van der Waals surface area (Å²) in [5.41, 5.74) is 5.05. The summed E-state index contributed by atoms with van der Waals surface area (Å²) in [6.45, 7) is 2.07. The molecule has 1 heterocycles. The monoisotopic (exact) mass is 186 g/mol. The first-order valence-electron chi connectivity index (χ1n) is 3.54. The number of aromatic nitrogens is 1. The zero-order valence-electron chi connectivity index (χ0n) is 6.69. The van der Waals surface area contributed by atoms with Gasteiger partial charge >= 0.3 is 4.87 Å². The van der Waals surface area contributed by atoms with E-state index in [2.05, 4.69) is 0 Å². The molecule has 0 spiro atoms. The van der Waals surface area contributed by atoms with E-state index in [1.165, 1.54) is 4.57 Å². The molecule has 0 fully saturated rings. The second kappa shape index (κ2) is 3.53. The number of hydrogen-bond donors (Lipinski definition) is 1. The van der Waals surface area contributed by atoms with Crippen LogP contribution in [0.25, 0.3) is 0 Å². The van der Waals surface area contributed by atoms with E-state index in [1.54, 1.807) is 18.5 Å². The normalized spacial score (nSPS) is 12.8. The molecule has 0 aromatic carbocycles. The Morgan fingerprint density at radius 3 is 2.92 bits per heavy atom. The van der Waals surface area contributed by atoms with E-state index >= 15 is 0 Å². The highest BCUT2D eigenvalue weighted by atomic mass is 32.1. The van der Waals surface area contributed by atoms with Gasteiger partial charge in [0.25, 0.3) is 0 Å². The van der Waals surface area contributed by atoms with Crippen LogP contribution in [0, 0.1) is 5.92 Å². The lowest BCUT2D eigenvalue weighted by Crippen LogP contribution is -2.27. The molecule has 0 radical (unpaired) electrons. The molecule has 5 heteroatoms. The van der Waals surface area contributed by atoms with Crippen LogP contribution in [0.5, 0.6) is 0 Å². The third kappa shape index (κ3) is 1.94. The molecule has 1 atom stereocenters. The van der Waals surface area contributed by atoms with E-state index in [0.29, 0.717) is 6.54 Å². The molecule has 12 heavy (non-hydrogen) atoms. The fourth-order valence-corrected chi connectivity index (χ4v) is 1.41. The maximum atomic E-state index is 11.0. The summed E-state index contributed by atoms with van der Waals surface area (Å²) < 4.78 is 1.49. The molecule has 0 saturated carbocycles. The van der Waals surface area contributed by atoms with Gasteiger partial charge in [0.05, 0.1) is 5.92 Å². The van der Waals surface area contributed by atoms with Crippen LogP contribution in [0.4, 0.5) is 0 Å². The van der Waals surface area contributed by atoms with Crippen molar-refractivity contribution in [1.29, 1.82) is 0 Å². The van der Waals surface area contributed by atoms with Crippen molar-refractivity contribution in [2.75, 3.05) is 0 Å². The van der Waals surface area contributed by atoms with Crippen LogP contribution in [0.3, 0.4) is 0 Å². The Hall–Kier alpha value is -1.10. The lowest BCUT2D eigenvalue weighted by Gasteiger charge is -2.05. The highest BCUT2D eigenvalue weighted by molar-refractivity contribution is 7.07. The third-order valence-electron chi connectivity index (χ3n) is 1.60. The predicted octanol–water partition coefficient (Wildman–Crippen LogP) is 0.0312. The van der Waals surface area contributed by atoms with Crippen molar-refractivity contribution in [3.05, 3.63) is 21.2 Å². The van der Waals surface area contributed by atoms with Crippen molar-refractivity contribution >= 4 is 17.2 Å². The Bertz CT molecular complexity index is 328. The van der Waals surface area contributed by atoms with Crippen molar-refractivity contribution < 1.29 is 4.79 Å². The van der Waals surface area contributed by atoms with Gasteiger partial charge in [-0.15, -0.1) is 0 Å². The third-order valence-corrected chi connectivity index (χ3v) is 2.29. The standard InChI is InChI=1S/C7H10N2O2S/c1-5(6(8)10)4-9-2-3-12-7(9)11/h2-3,5H,4H2,1H3,(H2,8,10). The zero-order chi connectivity index (χ0) is 9.14. The van der Waals surface area contributed by atoms with Gasteiger partial charge < -0.3 is 10.3 Å². The van der Waals surface area contributed by atoms with Crippen molar-refractivity contribution in [1.82, 2.24) is 4.57 Å². The van der Waals surface area contributed by atoms with Gasteiger partial charge in [0.2, 0.25) is 5.91 Å². The highest BCUT2D eigenvalue weighted by Gasteiger charge is 2.09. The summed E-state index contributed by atoms with van der Waals surface area (Å²) in [7, 11) is 0. The maximum absolute atomic E-state index is 11.0. The number of nitrogens with zero attached hydrogens (tertiary/aromatic N) is 1. The lowest BCUT2D eigenvalue weighted by atomic mass is 10.2. The van der Waals surface area contributed by atoms with Crippen LogP contribution < -0.4 is 10.6 Å². The van der Waals surface area contributed by atoms with Crippen molar-refractivity contribution in [3.63, 3.8) is 0 Å². The molecule has 0 aliphatic rings. The van der Waals surface area contributed by atoms with Crippen LogP contribution in [0.1, 0.15) is 6.92 Å². The number of thiazole rings is 1. The summed E-state index contributed by atoms with van der Waals surface area (Å²) in [4.78, 5) is 21.6. The lowest BCUT2D eigenvalue weighted by molar-refractivity contribution is -0.121. The van der Waals surface area contributed by atoms with Gasteiger partial charge in [-0.1, -0.05) is 18.3 Å². The quantitative estimate of drug-likeness (QED) is 0.723. The van der Waals surface area contributed by atoms with Gasteiger partial charge in [-0.25, -0.2) is 0 Å². The molecule has 2 N–H and O–H groups in total. The highest BCUT2D eigenvalue weighted by Crippen LogP contribution is 1.98. The van der Waals surface area contributed by atoms with Crippen LogP contribution in [0.15, 0.2) is 16.4 Å². The Balaban J connectivity index is 2.70. The second-order valence-corrected chi connectivity index (χ2v) is 3.48. The Morgan fingerprint density at radius 2 is 2.50 bits per heavy atom. The first-order valence-corrected chi connectivity index (χ1v) is 4.42. The van der Waals surface area contributed by atoms with Gasteiger partial charge in [0.15, 0.2) is 0 Å². The second-order valence-electron chi connectivity index (χ2n) is 2.62. The number of nitrogens with two attached hydrogens (primary N) is 1. The molecule has 0 aliphatic carbocycles. The molecule has 0 bridgehead atoms. The van der Waals surface area contributed by atoms with Gasteiger partial charge in [-0.2, -0.15) is 0 Å². The molecule has 1 amide bonds. The van der Waals surface area contributed by atoms with Crippen LogP contribution in [-0.2, 0) is 11.3 Å². The Labute approximate surface area is 73.6 Å². The van der Waals surface area contributed by atoms with Gasteiger partial charge in [0.1, 0.15) is 0 Å². The fraction of sp³-hybridized carbons (Fsp3) is 0.429. The summed E-state index contributed by atoms with van der Waals surface area (Å²) in [5, 5.41) is 1.69. The summed E-state index contributed by atoms with van der Waals surface area (Å²) in [6.07, 6.45) is 1.66. The van der Waals surface area contributed by atoms with Crippen molar-refractivity contribution in [3.8, 4) is 0 Å². The predicted molar refractivity (Wildman–Crippen MR) is 46.9 cm³/mol. The van der Waals surface area contributed by atoms with E-state index in [1.807, 2.05) is 0 Å². The molecule has 66 valence electrons.